The zero-order valence-electron chi connectivity index (χ0n) is 11.1. The van der Waals surface area contributed by atoms with Gasteiger partial charge in [-0.25, -0.2) is 0 Å². The summed E-state index contributed by atoms with van der Waals surface area (Å²) in [4.78, 5) is 0. The van der Waals surface area contributed by atoms with Gasteiger partial charge in [0.1, 0.15) is 0 Å². The molecule has 0 aromatic carbocycles. The molecule has 0 aromatic rings. The molecule has 90 valence electrons. The van der Waals surface area contributed by atoms with Crippen LogP contribution in [-0.2, 0) is 0 Å². The highest BCUT2D eigenvalue weighted by molar-refractivity contribution is 6.80. The molecule has 15 heavy (non-hydrogen) atoms. The van der Waals surface area contributed by atoms with E-state index in [-0.39, 0.29) is 0 Å². The van der Waals surface area contributed by atoms with Crippen molar-refractivity contribution in [3.05, 3.63) is 11.8 Å². The van der Waals surface area contributed by atoms with E-state index in [1.165, 1.54) is 0 Å². The molecule has 0 aliphatic rings. The van der Waals surface area contributed by atoms with E-state index in [0.29, 0.717) is 0 Å². The van der Waals surface area contributed by atoms with Crippen LogP contribution in [0.5, 0.6) is 0 Å². The number of rotatable bonds is 7. The summed E-state index contributed by atoms with van der Waals surface area (Å²) in [7, 11) is -1.09. The summed E-state index contributed by atoms with van der Waals surface area (Å²) < 4.78 is 0. The second-order valence-corrected chi connectivity index (χ2v) is 10.8. The highest BCUT2D eigenvalue weighted by Crippen LogP contribution is 2.24. The largest absolute Gasteiger partial charge is 0.390 e. The lowest BCUT2D eigenvalue weighted by molar-refractivity contribution is 0.0242. The molecule has 0 unspecified atom stereocenters. The molecule has 1 N–H and O–H groups in total. The van der Waals surface area contributed by atoms with Crippen LogP contribution >= 0.6 is 0 Å². The maximum Gasteiger partial charge on any atom is 0.0682 e. The van der Waals surface area contributed by atoms with Crippen molar-refractivity contribution in [2.45, 2.75) is 71.2 Å². The van der Waals surface area contributed by atoms with Crippen molar-refractivity contribution in [1.29, 1.82) is 0 Å². The van der Waals surface area contributed by atoms with Crippen molar-refractivity contribution in [2.24, 2.45) is 0 Å². The summed E-state index contributed by atoms with van der Waals surface area (Å²) >= 11 is 0. The predicted molar refractivity (Wildman–Crippen MR) is 71.9 cm³/mol. The summed E-state index contributed by atoms with van der Waals surface area (Å²) in [6, 6.07) is 0. The van der Waals surface area contributed by atoms with Gasteiger partial charge in [-0.3, -0.25) is 0 Å². The van der Waals surface area contributed by atoms with Gasteiger partial charge in [0.25, 0.3) is 0 Å². The Morgan fingerprint density at radius 1 is 1.07 bits per heavy atom. The number of hydrogen-bond acceptors (Lipinski definition) is 1. The average molecular weight is 228 g/mol. The summed E-state index contributed by atoms with van der Waals surface area (Å²) in [5, 5.41) is 10.4. The fraction of sp³-hybridized carbons (Fsp3) is 0.846. The van der Waals surface area contributed by atoms with Gasteiger partial charge in [-0.15, -0.1) is 0 Å². The minimum Gasteiger partial charge on any atom is -0.390 e. The lowest BCUT2D eigenvalue weighted by Crippen LogP contribution is -2.27. The Kier molecular flexibility index (Phi) is 6.45. The Morgan fingerprint density at radius 2 is 1.53 bits per heavy atom. The third kappa shape index (κ3) is 7.80. The molecule has 0 heterocycles. The van der Waals surface area contributed by atoms with E-state index in [0.717, 1.165) is 32.1 Å². The van der Waals surface area contributed by atoms with E-state index in [2.05, 4.69) is 45.3 Å². The van der Waals surface area contributed by atoms with Crippen molar-refractivity contribution < 1.29 is 5.11 Å². The van der Waals surface area contributed by atoms with Gasteiger partial charge in [-0.1, -0.05) is 58.1 Å². The molecular weight excluding hydrogens is 200 g/mol. The third-order valence-electron chi connectivity index (χ3n) is 2.55. The quantitative estimate of drug-likeness (QED) is 0.649. The van der Waals surface area contributed by atoms with Gasteiger partial charge < -0.3 is 5.11 Å². The highest BCUT2D eigenvalue weighted by Gasteiger charge is 2.23. The molecule has 0 aromatic heterocycles. The minimum atomic E-state index is -1.09. The second-order valence-electron chi connectivity index (χ2n) is 5.70. The minimum absolute atomic E-state index is 0.445. The molecule has 0 radical (unpaired) electrons. The first-order chi connectivity index (χ1) is 6.83. The van der Waals surface area contributed by atoms with Crippen molar-refractivity contribution >= 4 is 8.07 Å². The Labute approximate surface area is 96.6 Å². The smallest absolute Gasteiger partial charge is 0.0682 e. The van der Waals surface area contributed by atoms with Crippen LogP contribution in [0.2, 0.25) is 19.6 Å². The van der Waals surface area contributed by atoms with Crippen LogP contribution in [0.15, 0.2) is 11.8 Å². The van der Waals surface area contributed by atoms with Gasteiger partial charge in [0.05, 0.1) is 13.7 Å². The molecule has 0 amide bonds. The first kappa shape index (κ1) is 14.9. The molecule has 0 rings (SSSR count). The molecule has 0 bridgehead atoms. The van der Waals surface area contributed by atoms with Crippen LogP contribution in [0, 0.1) is 0 Å². The summed E-state index contributed by atoms with van der Waals surface area (Å²) in [5.74, 6) is 0. The van der Waals surface area contributed by atoms with Gasteiger partial charge in [-0.05, 0) is 19.3 Å². The first-order valence-electron chi connectivity index (χ1n) is 6.23. The van der Waals surface area contributed by atoms with Gasteiger partial charge in [0.2, 0.25) is 0 Å². The average Bonchev–Trinajstić information content (AvgIpc) is 2.01. The molecule has 0 fully saturated rings. The van der Waals surface area contributed by atoms with Crippen molar-refractivity contribution in [2.75, 3.05) is 0 Å². The maximum atomic E-state index is 10.4. The van der Waals surface area contributed by atoms with Crippen LogP contribution in [0.4, 0.5) is 0 Å². The number of hydrogen-bond donors (Lipinski definition) is 1. The molecule has 0 saturated heterocycles. The summed E-state index contributed by atoms with van der Waals surface area (Å²) in [6.07, 6.45) is 7.03. The monoisotopic (exact) mass is 228 g/mol. The van der Waals surface area contributed by atoms with E-state index < -0.39 is 13.7 Å². The predicted octanol–water partition coefficient (Wildman–Crippen LogP) is 4.14. The van der Waals surface area contributed by atoms with E-state index in [1.807, 2.05) is 0 Å². The van der Waals surface area contributed by atoms with E-state index in [4.69, 9.17) is 0 Å². The molecule has 0 atom stereocenters. The highest BCUT2D eigenvalue weighted by atomic mass is 28.3. The Hall–Kier alpha value is -0.0831. The van der Waals surface area contributed by atoms with Gasteiger partial charge in [-0.2, -0.15) is 0 Å². The van der Waals surface area contributed by atoms with E-state index in [9.17, 15) is 5.11 Å². The molecule has 0 saturated carbocycles. The van der Waals surface area contributed by atoms with Crippen LogP contribution in [0.3, 0.4) is 0 Å². The van der Waals surface area contributed by atoms with E-state index in [1.54, 1.807) is 0 Å². The van der Waals surface area contributed by atoms with Crippen molar-refractivity contribution in [3.8, 4) is 0 Å². The van der Waals surface area contributed by atoms with Crippen LogP contribution in [0.1, 0.15) is 46.0 Å². The topological polar surface area (TPSA) is 20.2 Å². The first-order valence-corrected chi connectivity index (χ1v) is 9.81. The molecule has 1 nitrogen and oxygen atoms in total. The lowest BCUT2D eigenvalue weighted by Gasteiger charge is -2.26. The van der Waals surface area contributed by atoms with Crippen molar-refractivity contribution in [3.63, 3.8) is 0 Å². The van der Waals surface area contributed by atoms with Crippen LogP contribution in [0.25, 0.3) is 0 Å². The van der Waals surface area contributed by atoms with Gasteiger partial charge in [0, 0.05) is 0 Å². The van der Waals surface area contributed by atoms with E-state index >= 15 is 0 Å². The normalized spacial score (nSPS) is 13.7. The Morgan fingerprint density at radius 3 is 1.87 bits per heavy atom. The second kappa shape index (κ2) is 6.49. The number of aliphatic hydroxyl groups is 1. The Bertz CT molecular complexity index is 185. The standard InChI is InChI=1S/C13H28OSi/c1-6-9-13(14,10-7-2)11-8-12-15(3,4)5/h8,12,14H,6-7,9-11H2,1-5H3/b12-8+. The Balaban J connectivity index is 4.23. The van der Waals surface area contributed by atoms with Gasteiger partial charge in [0.15, 0.2) is 0 Å². The lowest BCUT2D eigenvalue weighted by atomic mass is 9.89. The summed E-state index contributed by atoms with van der Waals surface area (Å²) in [5.41, 5.74) is 1.89. The maximum absolute atomic E-state index is 10.4. The third-order valence-corrected chi connectivity index (χ3v) is 3.78. The molecule has 0 aliphatic heterocycles. The molecular formula is C13H28OSi. The fourth-order valence-corrected chi connectivity index (χ4v) is 2.72. The van der Waals surface area contributed by atoms with Crippen molar-refractivity contribution in [1.82, 2.24) is 0 Å². The zero-order valence-corrected chi connectivity index (χ0v) is 12.1. The molecule has 0 aliphatic carbocycles. The fourth-order valence-electron chi connectivity index (χ4n) is 1.89. The molecule has 0 spiro atoms. The summed E-state index contributed by atoms with van der Waals surface area (Å²) in [6.45, 7) is 11.2. The molecule has 2 heteroatoms. The van der Waals surface area contributed by atoms with Gasteiger partial charge >= 0.3 is 0 Å². The zero-order chi connectivity index (χ0) is 11.9. The van der Waals surface area contributed by atoms with Crippen LogP contribution < -0.4 is 0 Å². The SMILES string of the molecule is CCCC(O)(C/C=C/[Si](C)(C)C)CCC. The van der Waals surface area contributed by atoms with Crippen LogP contribution in [-0.4, -0.2) is 18.8 Å².